The van der Waals surface area contributed by atoms with Crippen molar-refractivity contribution in [3.05, 3.63) is 65.7 Å². The standard InChI is InChI=1S/C18H19NO2/c1-15(17-5-3-2-4-6-17)20-13-14-21-18-9-7-16(8-10-18)11-12-19/h2-10,15H,11,13-14H2,1H3. The second-order valence-electron chi connectivity index (χ2n) is 4.75. The molecule has 108 valence electrons. The summed E-state index contributed by atoms with van der Waals surface area (Å²) >= 11 is 0. The van der Waals surface area contributed by atoms with Crippen LogP contribution >= 0.6 is 0 Å². The van der Waals surface area contributed by atoms with Crippen LogP contribution in [-0.4, -0.2) is 13.2 Å². The molecule has 0 aliphatic carbocycles. The fraction of sp³-hybridized carbons (Fsp3) is 0.278. The van der Waals surface area contributed by atoms with Crippen molar-refractivity contribution < 1.29 is 9.47 Å². The lowest BCUT2D eigenvalue weighted by atomic mass is 10.1. The summed E-state index contributed by atoms with van der Waals surface area (Å²) in [6, 6.07) is 19.8. The Morgan fingerprint density at radius 3 is 2.38 bits per heavy atom. The van der Waals surface area contributed by atoms with E-state index < -0.39 is 0 Å². The van der Waals surface area contributed by atoms with Crippen LogP contribution < -0.4 is 4.74 Å². The van der Waals surface area contributed by atoms with Crippen molar-refractivity contribution >= 4 is 0 Å². The van der Waals surface area contributed by atoms with Crippen molar-refractivity contribution in [2.45, 2.75) is 19.4 Å². The number of hydrogen-bond donors (Lipinski definition) is 0. The van der Waals surface area contributed by atoms with E-state index in [0.29, 0.717) is 19.6 Å². The van der Waals surface area contributed by atoms with Gasteiger partial charge >= 0.3 is 0 Å². The van der Waals surface area contributed by atoms with E-state index in [1.165, 1.54) is 5.56 Å². The van der Waals surface area contributed by atoms with Crippen molar-refractivity contribution in [1.29, 1.82) is 5.26 Å². The van der Waals surface area contributed by atoms with E-state index in [1.54, 1.807) is 0 Å². The van der Waals surface area contributed by atoms with Gasteiger partial charge in [0.05, 0.1) is 25.2 Å². The predicted molar refractivity (Wildman–Crippen MR) is 82.1 cm³/mol. The molecule has 1 unspecified atom stereocenters. The second kappa shape index (κ2) is 8.08. The zero-order chi connectivity index (χ0) is 14.9. The molecule has 0 bridgehead atoms. The van der Waals surface area contributed by atoms with Crippen LogP contribution in [0, 0.1) is 11.3 Å². The van der Waals surface area contributed by atoms with Gasteiger partial charge in [0.15, 0.2) is 0 Å². The van der Waals surface area contributed by atoms with Gasteiger partial charge in [-0.25, -0.2) is 0 Å². The minimum Gasteiger partial charge on any atom is -0.491 e. The lowest BCUT2D eigenvalue weighted by Crippen LogP contribution is -2.09. The number of benzene rings is 2. The fourth-order valence-electron chi connectivity index (χ4n) is 2.00. The maximum Gasteiger partial charge on any atom is 0.119 e. The average molecular weight is 281 g/mol. The quantitative estimate of drug-likeness (QED) is 0.723. The second-order valence-corrected chi connectivity index (χ2v) is 4.75. The molecule has 0 aliphatic heterocycles. The minimum absolute atomic E-state index is 0.0628. The van der Waals surface area contributed by atoms with Gasteiger partial charge in [0.1, 0.15) is 12.4 Å². The van der Waals surface area contributed by atoms with Crippen LogP contribution in [-0.2, 0) is 11.2 Å². The molecule has 0 heterocycles. The Labute approximate surface area is 125 Å². The van der Waals surface area contributed by atoms with Crippen molar-refractivity contribution in [2.24, 2.45) is 0 Å². The van der Waals surface area contributed by atoms with Crippen LogP contribution in [0.1, 0.15) is 24.2 Å². The van der Waals surface area contributed by atoms with Gasteiger partial charge in [0.25, 0.3) is 0 Å². The molecule has 0 amide bonds. The summed E-state index contributed by atoms with van der Waals surface area (Å²) < 4.78 is 11.4. The lowest BCUT2D eigenvalue weighted by molar-refractivity contribution is 0.0439. The molecule has 3 heteroatoms. The largest absolute Gasteiger partial charge is 0.491 e. The third kappa shape index (κ3) is 4.94. The summed E-state index contributed by atoms with van der Waals surface area (Å²) in [5.74, 6) is 0.799. The summed E-state index contributed by atoms with van der Waals surface area (Å²) in [6.07, 6.45) is 0.491. The molecule has 0 N–H and O–H groups in total. The molecule has 0 fully saturated rings. The summed E-state index contributed by atoms with van der Waals surface area (Å²) in [7, 11) is 0. The molecule has 0 spiro atoms. The highest BCUT2D eigenvalue weighted by molar-refractivity contribution is 5.28. The molecule has 1 atom stereocenters. The number of nitrogens with zero attached hydrogens (tertiary/aromatic N) is 1. The van der Waals surface area contributed by atoms with Gasteiger partial charge in [0, 0.05) is 0 Å². The first-order valence-electron chi connectivity index (χ1n) is 7.05. The fourth-order valence-corrected chi connectivity index (χ4v) is 2.00. The van der Waals surface area contributed by atoms with Crippen molar-refractivity contribution in [3.8, 4) is 11.8 Å². The Kier molecular flexibility index (Phi) is 5.81. The first-order chi connectivity index (χ1) is 10.3. The highest BCUT2D eigenvalue weighted by atomic mass is 16.5. The Morgan fingerprint density at radius 2 is 1.71 bits per heavy atom. The van der Waals surface area contributed by atoms with E-state index in [-0.39, 0.29) is 6.10 Å². The zero-order valence-corrected chi connectivity index (χ0v) is 12.2. The molecular formula is C18H19NO2. The SMILES string of the molecule is CC(OCCOc1ccc(CC#N)cc1)c1ccccc1. The molecule has 0 aromatic heterocycles. The Hall–Kier alpha value is -2.31. The minimum atomic E-state index is 0.0628. The van der Waals surface area contributed by atoms with Crippen molar-refractivity contribution in [3.63, 3.8) is 0 Å². The maximum atomic E-state index is 8.61. The van der Waals surface area contributed by atoms with Crippen LogP contribution in [0.2, 0.25) is 0 Å². The molecule has 0 aliphatic rings. The van der Waals surface area contributed by atoms with E-state index >= 15 is 0 Å². The van der Waals surface area contributed by atoms with E-state index in [4.69, 9.17) is 14.7 Å². The summed E-state index contributed by atoms with van der Waals surface area (Å²) in [6.45, 7) is 3.08. The van der Waals surface area contributed by atoms with E-state index in [2.05, 4.69) is 18.2 Å². The molecule has 0 radical (unpaired) electrons. The van der Waals surface area contributed by atoms with Gasteiger partial charge < -0.3 is 9.47 Å². The molecule has 0 saturated carbocycles. The van der Waals surface area contributed by atoms with Crippen LogP contribution in [0.4, 0.5) is 0 Å². The third-order valence-corrected chi connectivity index (χ3v) is 3.20. The van der Waals surface area contributed by atoms with Gasteiger partial charge in [-0.1, -0.05) is 42.5 Å². The number of rotatable bonds is 7. The maximum absolute atomic E-state index is 8.61. The number of ether oxygens (including phenoxy) is 2. The van der Waals surface area contributed by atoms with Crippen LogP contribution in [0.15, 0.2) is 54.6 Å². The highest BCUT2D eigenvalue weighted by Gasteiger charge is 2.04. The van der Waals surface area contributed by atoms with Crippen LogP contribution in [0.5, 0.6) is 5.75 Å². The number of nitriles is 1. The molecule has 21 heavy (non-hydrogen) atoms. The average Bonchev–Trinajstić information content (AvgIpc) is 2.54. The molecule has 2 rings (SSSR count). The Balaban J connectivity index is 1.71. The predicted octanol–water partition coefficient (Wildman–Crippen LogP) is 3.91. The smallest absolute Gasteiger partial charge is 0.119 e. The normalized spacial score (nSPS) is 11.6. The Morgan fingerprint density at radius 1 is 1.00 bits per heavy atom. The lowest BCUT2D eigenvalue weighted by Gasteiger charge is -2.14. The molecular weight excluding hydrogens is 262 g/mol. The summed E-state index contributed by atoms with van der Waals surface area (Å²) in [5.41, 5.74) is 2.16. The monoisotopic (exact) mass is 281 g/mol. The summed E-state index contributed by atoms with van der Waals surface area (Å²) in [4.78, 5) is 0. The van der Waals surface area contributed by atoms with Crippen LogP contribution in [0.25, 0.3) is 0 Å². The third-order valence-electron chi connectivity index (χ3n) is 3.20. The Bertz CT molecular complexity index is 572. The molecule has 0 saturated heterocycles. The molecule has 2 aromatic rings. The van der Waals surface area contributed by atoms with E-state index in [0.717, 1.165) is 11.3 Å². The van der Waals surface area contributed by atoms with Gasteiger partial charge in [-0.3, -0.25) is 0 Å². The highest BCUT2D eigenvalue weighted by Crippen LogP contribution is 2.16. The first-order valence-corrected chi connectivity index (χ1v) is 7.05. The first kappa shape index (κ1) is 15.1. The van der Waals surface area contributed by atoms with Gasteiger partial charge in [-0.05, 0) is 30.2 Å². The van der Waals surface area contributed by atoms with Crippen molar-refractivity contribution in [2.75, 3.05) is 13.2 Å². The van der Waals surface area contributed by atoms with Gasteiger partial charge in [-0.2, -0.15) is 5.26 Å². The number of hydrogen-bond acceptors (Lipinski definition) is 3. The van der Waals surface area contributed by atoms with E-state index in [1.807, 2.05) is 49.4 Å². The van der Waals surface area contributed by atoms with E-state index in [9.17, 15) is 0 Å². The summed E-state index contributed by atoms with van der Waals surface area (Å²) in [5, 5.41) is 8.61. The van der Waals surface area contributed by atoms with Gasteiger partial charge in [0.2, 0.25) is 0 Å². The topological polar surface area (TPSA) is 42.2 Å². The zero-order valence-electron chi connectivity index (χ0n) is 12.2. The molecule has 3 nitrogen and oxygen atoms in total. The van der Waals surface area contributed by atoms with Gasteiger partial charge in [-0.15, -0.1) is 0 Å². The molecule has 2 aromatic carbocycles. The van der Waals surface area contributed by atoms with Crippen molar-refractivity contribution in [1.82, 2.24) is 0 Å². The van der Waals surface area contributed by atoms with Crippen LogP contribution in [0.3, 0.4) is 0 Å².